The van der Waals surface area contributed by atoms with Gasteiger partial charge in [0.05, 0.1) is 23.9 Å². The van der Waals surface area contributed by atoms with Crippen LogP contribution in [0.25, 0.3) is 10.9 Å². The second-order valence-electron chi connectivity index (χ2n) is 6.73. The van der Waals surface area contributed by atoms with E-state index in [1.807, 2.05) is 24.3 Å². The fourth-order valence-electron chi connectivity index (χ4n) is 3.35. The van der Waals surface area contributed by atoms with E-state index in [9.17, 15) is 9.59 Å². The molecule has 0 radical (unpaired) electrons. The summed E-state index contributed by atoms with van der Waals surface area (Å²) in [6.45, 7) is 2.12. The molecule has 0 unspecified atom stereocenters. The van der Waals surface area contributed by atoms with Crippen molar-refractivity contribution in [2.24, 2.45) is 0 Å². The van der Waals surface area contributed by atoms with Crippen molar-refractivity contribution in [3.8, 4) is 5.75 Å². The molecule has 6 nitrogen and oxygen atoms in total. The summed E-state index contributed by atoms with van der Waals surface area (Å²) in [5.74, 6) is 0.522. The Morgan fingerprint density at radius 3 is 2.73 bits per heavy atom. The second-order valence-corrected chi connectivity index (χ2v) is 6.73. The van der Waals surface area contributed by atoms with Gasteiger partial charge in [-0.15, -0.1) is 0 Å². The SMILES string of the molecule is COc1ccc2cc(C(=O)NCCC(=O)NC3CCCC3)c(C)nc2c1. The van der Waals surface area contributed by atoms with Crippen LogP contribution < -0.4 is 15.4 Å². The number of ether oxygens (including phenoxy) is 1. The van der Waals surface area contributed by atoms with Crippen molar-refractivity contribution in [3.63, 3.8) is 0 Å². The molecule has 2 N–H and O–H groups in total. The number of carbonyl (C=O) groups excluding carboxylic acids is 2. The minimum Gasteiger partial charge on any atom is -0.497 e. The van der Waals surface area contributed by atoms with Crippen LogP contribution in [-0.2, 0) is 4.79 Å². The molecule has 0 atom stereocenters. The topological polar surface area (TPSA) is 80.3 Å². The van der Waals surface area contributed by atoms with Gasteiger partial charge in [-0.3, -0.25) is 14.6 Å². The maximum absolute atomic E-state index is 12.5. The van der Waals surface area contributed by atoms with Gasteiger partial charge in [-0.05, 0) is 38.0 Å². The van der Waals surface area contributed by atoms with Crippen LogP contribution in [0.15, 0.2) is 24.3 Å². The molecule has 1 aliphatic carbocycles. The van der Waals surface area contributed by atoms with E-state index in [0.717, 1.165) is 29.5 Å². The number of pyridine rings is 1. The zero-order valence-electron chi connectivity index (χ0n) is 15.3. The van der Waals surface area contributed by atoms with Gasteiger partial charge >= 0.3 is 0 Å². The highest BCUT2D eigenvalue weighted by atomic mass is 16.5. The van der Waals surface area contributed by atoms with Gasteiger partial charge in [0.2, 0.25) is 5.91 Å². The zero-order valence-corrected chi connectivity index (χ0v) is 15.3. The maximum Gasteiger partial charge on any atom is 0.253 e. The van der Waals surface area contributed by atoms with E-state index < -0.39 is 0 Å². The normalized spacial score (nSPS) is 14.4. The third-order valence-corrected chi connectivity index (χ3v) is 4.82. The number of methoxy groups -OCH3 is 1. The highest BCUT2D eigenvalue weighted by molar-refractivity contribution is 5.99. The molecular weight excluding hydrogens is 330 g/mol. The van der Waals surface area contributed by atoms with Gasteiger partial charge in [0.15, 0.2) is 0 Å². The van der Waals surface area contributed by atoms with Gasteiger partial charge in [0.1, 0.15) is 5.75 Å². The molecular formula is C20H25N3O3. The van der Waals surface area contributed by atoms with Crippen LogP contribution in [-0.4, -0.2) is 36.5 Å². The average molecular weight is 355 g/mol. The molecule has 0 saturated heterocycles. The molecule has 1 fully saturated rings. The number of aryl methyl sites for hydroxylation is 1. The van der Waals surface area contributed by atoms with Gasteiger partial charge in [-0.1, -0.05) is 12.8 Å². The van der Waals surface area contributed by atoms with E-state index in [2.05, 4.69) is 15.6 Å². The van der Waals surface area contributed by atoms with Gasteiger partial charge in [-0.25, -0.2) is 0 Å². The fourth-order valence-corrected chi connectivity index (χ4v) is 3.35. The van der Waals surface area contributed by atoms with Crippen molar-refractivity contribution in [2.45, 2.75) is 45.1 Å². The van der Waals surface area contributed by atoms with Gasteiger partial charge in [-0.2, -0.15) is 0 Å². The van der Waals surface area contributed by atoms with Crippen LogP contribution in [0.3, 0.4) is 0 Å². The Hall–Kier alpha value is -2.63. The van der Waals surface area contributed by atoms with E-state index in [0.29, 0.717) is 30.3 Å². The minimum atomic E-state index is -0.207. The van der Waals surface area contributed by atoms with Gasteiger partial charge < -0.3 is 15.4 Å². The van der Waals surface area contributed by atoms with E-state index in [4.69, 9.17) is 4.74 Å². The number of rotatable bonds is 6. The molecule has 1 saturated carbocycles. The van der Waals surface area contributed by atoms with E-state index in [-0.39, 0.29) is 11.8 Å². The van der Waals surface area contributed by atoms with Crippen molar-refractivity contribution >= 4 is 22.7 Å². The molecule has 2 amide bonds. The quantitative estimate of drug-likeness (QED) is 0.835. The first-order chi connectivity index (χ1) is 12.6. The zero-order chi connectivity index (χ0) is 18.5. The van der Waals surface area contributed by atoms with Gasteiger partial charge in [0, 0.05) is 30.5 Å². The Labute approximate surface area is 153 Å². The van der Waals surface area contributed by atoms with E-state index in [1.165, 1.54) is 12.8 Å². The molecule has 6 heteroatoms. The van der Waals surface area contributed by atoms with Crippen LogP contribution in [0.4, 0.5) is 0 Å². The summed E-state index contributed by atoms with van der Waals surface area (Å²) in [4.78, 5) is 28.9. The Morgan fingerprint density at radius 1 is 1.23 bits per heavy atom. The molecule has 2 aromatic rings. The lowest BCUT2D eigenvalue weighted by molar-refractivity contribution is -0.121. The monoisotopic (exact) mass is 355 g/mol. The molecule has 26 heavy (non-hydrogen) atoms. The Bertz CT molecular complexity index is 813. The Balaban J connectivity index is 1.58. The van der Waals surface area contributed by atoms with Crippen LogP contribution in [0.5, 0.6) is 5.75 Å². The summed E-state index contributed by atoms with van der Waals surface area (Å²) >= 11 is 0. The predicted molar refractivity (Wildman–Crippen MR) is 100 cm³/mol. The summed E-state index contributed by atoms with van der Waals surface area (Å²) in [6.07, 6.45) is 4.78. The first-order valence-electron chi connectivity index (χ1n) is 9.10. The maximum atomic E-state index is 12.5. The lowest BCUT2D eigenvalue weighted by atomic mass is 10.1. The number of nitrogens with one attached hydrogen (secondary N) is 2. The smallest absolute Gasteiger partial charge is 0.253 e. The summed E-state index contributed by atoms with van der Waals surface area (Å²) in [7, 11) is 1.61. The molecule has 0 spiro atoms. The van der Waals surface area contributed by atoms with Crippen molar-refractivity contribution in [1.29, 1.82) is 0 Å². The molecule has 0 aliphatic heterocycles. The van der Waals surface area contributed by atoms with Crippen molar-refractivity contribution in [3.05, 3.63) is 35.5 Å². The Kier molecular flexibility index (Phi) is 5.71. The second kappa shape index (κ2) is 8.17. The largest absolute Gasteiger partial charge is 0.497 e. The number of hydrogen-bond donors (Lipinski definition) is 2. The van der Waals surface area contributed by atoms with Crippen LogP contribution >= 0.6 is 0 Å². The number of aromatic nitrogens is 1. The van der Waals surface area contributed by atoms with Gasteiger partial charge in [0.25, 0.3) is 5.91 Å². The molecule has 0 bridgehead atoms. The first kappa shape index (κ1) is 18.2. The van der Waals surface area contributed by atoms with Crippen LogP contribution in [0.1, 0.15) is 48.2 Å². The highest BCUT2D eigenvalue weighted by Gasteiger charge is 2.17. The standard InChI is InChI=1S/C20H25N3O3/c1-13-17(11-14-7-8-16(26-2)12-18(14)22-13)20(25)21-10-9-19(24)23-15-5-3-4-6-15/h7-8,11-12,15H,3-6,9-10H2,1-2H3,(H,21,25)(H,23,24). The first-order valence-corrected chi connectivity index (χ1v) is 9.10. The summed E-state index contributed by atoms with van der Waals surface area (Å²) in [5, 5.41) is 6.72. The number of hydrogen-bond acceptors (Lipinski definition) is 4. The van der Waals surface area contributed by atoms with Crippen molar-refractivity contribution in [1.82, 2.24) is 15.6 Å². The van der Waals surface area contributed by atoms with Crippen LogP contribution in [0.2, 0.25) is 0 Å². The van der Waals surface area contributed by atoms with Crippen LogP contribution in [0, 0.1) is 6.92 Å². The lowest BCUT2D eigenvalue weighted by Crippen LogP contribution is -2.35. The molecule has 138 valence electrons. The lowest BCUT2D eigenvalue weighted by Gasteiger charge is -2.12. The number of benzene rings is 1. The molecule has 1 heterocycles. The molecule has 1 aromatic heterocycles. The number of amides is 2. The van der Waals surface area contributed by atoms with E-state index >= 15 is 0 Å². The molecule has 3 rings (SSSR count). The molecule has 1 aliphatic rings. The average Bonchev–Trinajstić information content (AvgIpc) is 3.13. The minimum absolute atomic E-state index is 0.00217. The third kappa shape index (κ3) is 4.31. The fraction of sp³-hybridized carbons (Fsp3) is 0.450. The summed E-state index contributed by atoms with van der Waals surface area (Å²) < 4.78 is 5.21. The Morgan fingerprint density at radius 2 is 2.00 bits per heavy atom. The molecule has 1 aromatic carbocycles. The number of carbonyl (C=O) groups is 2. The summed E-state index contributed by atoms with van der Waals surface area (Å²) in [5.41, 5.74) is 1.96. The highest BCUT2D eigenvalue weighted by Crippen LogP contribution is 2.21. The van der Waals surface area contributed by atoms with E-state index in [1.54, 1.807) is 14.0 Å². The van der Waals surface area contributed by atoms with Crippen molar-refractivity contribution in [2.75, 3.05) is 13.7 Å². The number of fused-ring (bicyclic) bond motifs is 1. The number of nitrogens with zero attached hydrogens (tertiary/aromatic N) is 1. The third-order valence-electron chi connectivity index (χ3n) is 4.82. The van der Waals surface area contributed by atoms with Crippen molar-refractivity contribution < 1.29 is 14.3 Å². The predicted octanol–water partition coefficient (Wildman–Crippen LogP) is 2.73. The summed E-state index contributed by atoms with van der Waals surface area (Å²) in [6, 6.07) is 7.70.